The Hall–Kier alpha value is -3.60. The van der Waals surface area contributed by atoms with Gasteiger partial charge in [-0.25, -0.2) is 9.59 Å². The van der Waals surface area contributed by atoms with E-state index in [0.717, 1.165) is 11.1 Å². The molecule has 0 heterocycles. The molecule has 0 aliphatic rings. The lowest BCUT2D eigenvalue weighted by molar-refractivity contribution is -0.154. The van der Waals surface area contributed by atoms with Crippen LogP contribution in [0.5, 0.6) is 0 Å². The van der Waals surface area contributed by atoms with Crippen LogP contribution in [-0.2, 0) is 27.4 Å². The lowest BCUT2D eigenvalue weighted by Gasteiger charge is -2.25. The van der Waals surface area contributed by atoms with E-state index in [1.54, 1.807) is 36.1 Å². The Morgan fingerprint density at radius 1 is 0.767 bits per heavy atom. The second-order valence-corrected chi connectivity index (χ2v) is 6.75. The number of nitrogens with zero attached hydrogens (tertiary/aromatic N) is 1. The monoisotopic (exact) mass is 403 g/mol. The van der Waals surface area contributed by atoms with Crippen molar-refractivity contribution in [2.45, 2.75) is 26.1 Å². The van der Waals surface area contributed by atoms with Crippen LogP contribution in [0.2, 0.25) is 0 Å². The second kappa shape index (κ2) is 10.8. The van der Waals surface area contributed by atoms with Crippen LogP contribution >= 0.6 is 0 Å². The van der Waals surface area contributed by atoms with Gasteiger partial charge in [-0.3, -0.25) is 4.90 Å². The van der Waals surface area contributed by atoms with Crippen molar-refractivity contribution in [2.24, 2.45) is 0 Å². The number of hydrogen-bond donors (Lipinski definition) is 0. The largest absolute Gasteiger partial charge is 0.463 e. The maximum atomic E-state index is 13.1. The Morgan fingerprint density at radius 3 is 1.70 bits per heavy atom. The third-order valence-corrected chi connectivity index (χ3v) is 4.51. The highest BCUT2D eigenvalue weighted by Crippen LogP contribution is 2.22. The molecule has 3 aromatic rings. The normalized spacial score (nSPS) is 11.4. The highest BCUT2D eigenvalue weighted by Gasteiger charge is 2.29. The van der Waals surface area contributed by atoms with Crippen molar-refractivity contribution in [1.82, 2.24) is 4.90 Å². The number of ether oxygens (including phenoxy) is 2. The first-order valence-corrected chi connectivity index (χ1v) is 9.92. The van der Waals surface area contributed by atoms with Crippen LogP contribution < -0.4 is 0 Å². The fraction of sp³-hybridized carbons (Fsp3) is 0.200. The van der Waals surface area contributed by atoms with Crippen molar-refractivity contribution < 1.29 is 19.1 Å². The molecule has 3 rings (SSSR count). The van der Waals surface area contributed by atoms with Gasteiger partial charge in [0.05, 0.1) is 6.61 Å². The van der Waals surface area contributed by atoms with E-state index in [1.807, 2.05) is 66.7 Å². The van der Waals surface area contributed by atoms with Gasteiger partial charge in [0.2, 0.25) is 6.10 Å². The molecule has 3 aromatic carbocycles. The lowest BCUT2D eigenvalue weighted by Crippen LogP contribution is -2.33. The van der Waals surface area contributed by atoms with Crippen molar-refractivity contribution in [3.8, 4) is 0 Å². The molecule has 0 bridgehead atoms. The Balaban J connectivity index is 1.83. The summed E-state index contributed by atoms with van der Waals surface area (Å²) >= 11 is 0. The van der Waals surface area contributed by atoms with Crippen LogP contribution in [0.25, 0.3) is 0 Å². The van der Waals surface area contributed by atoms with Crippen molar-refractivity contribution in [3.05, 3.63) is 108 Å². The predicted molar refractivity (Wildman–Crippen MR) is 114 cm³/mol. The Morgan fingerprint density at radius 2 is 1.23 bits per heavy atom. The summed E-state index contributed by atoms with van der Waals surface area (Å²) in [5, 5.41) is 0. The first kappa shape index (κ1) is 21.1. The standard InChI is InChI=1S/C25H25NO4/c1-2-29-24(27)23(22-16-10-5-11-17-22)30-25(28)26(18-20-12-6-3-7-13-20)19-21-14-8-4-9-15-21/h3-17,23H,2,18-19H2,1H3. The van der Waals surface area contributed by atoms with E-state index in [2.05, 4.69) is 0 Å². The van der Waals surface area contributed by atoms with Crippen LogP contribution in [0.1, 0.15) is 29.7 Å². The Kier molecular flexibility index (Phi) is 7.61. The van der Waals surface area contributed by atoms with Crippen LogP contribution in [0.15, 0.2) is 91.0 Å². The van der Waals surface area contributed by atoms with Gasteiger partial charge in [0.15, 0.2) is 0 Å². The number of amides is 1. The molecule has 5 heteroatoms. The zero-order valence-corrected chi connectivity index (χ0v) is 16.9. The van der Waals surface area contributed by atoms with E-state index in [0.29, 0.717) is 18.7 Å². The molecule has 154 valence electrons. The minimum atomic E-state index is -1.12. The average Bonchev–Trinajstić information content (AvgIpc) is 2.79. The van der Waals surface area contributed by atoms with E-state index < -0.39 is 18.2 Å². The molecule has 0 aromatic heterocycles. The summed E-state index contributed by atoms with van der Waals surface area (Å²) in [5.74, 6) is -0.587. The molecule has 0 radical (unpaired) electrons. The van der Waals surface area contributed by atoms with Crippen LogP contribution in [0, 0.1) is 0 Å². The van der Waals surface area contributed by atoms with E-state index in [1.165, 1.54) is 0 Å². The molecule has 0 spiro atoms. The van der Waals surface area contributed by atoms with Gasteiger partial charge in [-0.15, -0.1) is 0 Å². The average molecular weight is 403 g/mol. The molecule has 0 saturated heterocycles. The quantitative estimate of drug-likeness (QED) is 0.489. The van der Waals surface area contributed by atoms with E-state index in [4.69, 9.17) is 9.47 Å². The summed E-state index contributed by atoms with van der Waals surface area (Å²) in [4.78, 5) is 27.2. The fourth-order valence-corrected chi connectivity index (χ4v) is 3.07. The van der Waals surface area contributed by atoms with Crippen LogP contribution in [0.4, 0.5) is 4.79 Å². The van der Waals surface area contributed by atoms with E-state index in [-0.39, 0.29) is 6.61 Å². The summed E-state index contributed by atoms with van der Waals surface area (Å²) in [5.41, 5.74) is 2.51. The molecule has 1 atom stereocenters. The van der Waals surface area contributed by atoms with E-state index in [9.17, 15) is 9.59 Å². The molecule has 30 heavy (non-hydrogen) atoms. The van der Waals surface area contributed by atoms with Crippen molar-refractivity contribution in [1.29, 1.82) is 0 Å². The molecule has 0 fully saturated rings. The SMILES string of the molecule is CCOC(=O)C(OC(=O)N(Cc1ccccc1)Cc1ccccc1)c1ccccc1. The van der Waals surface area contributed by atoms with Gasteiger partial charge in [0.1, 0.15) is 0 Å². The maximum absolute atomic E-state index is 13.1. The third kappa shape index (κ3) is 5.95. The third-order valence-electron chi connectivity index (χ3n) is 4.51. The smallest absolute Gasteiger partial charge is 0.411 e. The van der Waals surface area contributed by atoms with Crippen LogP contribution in [-0.4, -0.2) is 23.6 Å². The summed E-state index contributed by atoms with van der Waals surface area (Å²) in [6.45, 7) is 2.65. The molecule has 1 unspecified atom stereocenters. The zero-order chi connectivity index (χ0) is 21.2. The second-order valence-electron chi connectivity index (χ2n) is 6.75. The Bertz CT molecular complexity index is 888. The van der Waals surface area contributed by atoms with Gasteiger partial charge in [-0.2, -0.15) is 0 Å². The van der Waals surface area contributed by atoms with Gasteiger partial charge in [-0.05, 0) is 18.1 Å². The summed E-state index contributed by atoms with van der Waals surface area (Å²) in [6, 6.07) is 28.3. The molecule has 1 amide bonds. The lowest BCUT2D eigenvalue weighted by atomic mass is 10.1. The first-order valence-electron chi connectivity index (χ1n) is 9.92. The number of benzene rings is 3. The first-order chi connectivity index (χ1) is 14.7. The molecular formula is C25H25NO4. The van der Waals surface area contributed by atoms with Crippen molar-refractivity contribution >= 4 is 12.1 Å². The van der Waals surface area contributed by atoms with Crippen molar-refractivity contribution in [2.75, 3.05) is 6.61 Å². The van der Waals surface area contributed by atoms with E-state index >= 15 is 0 Å². The number of hydrogen-bond acceptors (Lipinski definition) is 4. The predicted octanol–water partition coefficient (Wildman–Crippen LogP) is 5.13. The minimum Gasteiger partial charge on any atom is -0.463 e. The van der Waals surface area contributed by atoms with Gasteiger partial charge >= 0.3 is 12.1 Å². The molecule has 0 saturated carbocycles. The van der Waals surface area contributed by atoms with Gasteiger partial charge in [0.25, 0.3) is 0 Å². The topological polar surface area (TPSA) is 55.8 Å². The summed E-state index contributed by atoms with van der Waals surface area (Å²) in [7, 11) is 0. The zero-order valence-electron chi connectivity index (χ0n) is 16.9. The van der Waals surface area contributed by atoms with Gasteiger partial charge in [-0.1, -0.05) is 91.0 Å². The number of esters is 1. The number of carbonyl (C=O) groups is 2. The fourth-order valence-electron chi connectivity index (χ4n) is 3.07. The number of carbonyl (C=O) groups excluding carboxylic acids is 2. The van der Waals surface area contributed by atoms with Gasteiger partial charge < -0.3 is 9.47 Å². The molecule has 0 N–H and O–H groups in total. The summed E-state index contributed by atoms with van der Waals surface area (Å²) in [6.07, 6.45) is -1.70. The molecule has 5 nitrogen and oxygen atoms in total. The molecular weight excluding hydrogens is 378 g/mol. The highest BCUT2D eigenvalue weighted by molar-refractivity contribution is 5.80. The Labute approximate surface area is 176 Å². The number of rotatable bonds is 8. The highest BCUT2D eigenvalue weighted by atomic mass is 16.6. The van der Waals surface area contributed by atoms with Gasteiger partial charge in [0, 0.05) is 18.7 Å². The summed E-state index contributed by atoms with van der Waals surface area (Å²) < 4.78 is 10.8. The molecule has 0 aliphatic carbocycles. The molecule has 0 aliphatic heterocycles. The maximum Gasteiger partial charge on any atom is 0.411 e. The minimum absolute atomic E-state index is 0.206. The van der Waals surface area contributed by atoms with Crippen LogP contribution in [0.3, 0.4) is 0 Å². The van der Waals surface area contributed by atoms with Crippen molar-refractivity contribution in [3.63, 3.8) is 0 Å².